The van der Waals surface area contributed by atoms with Gasteiger partial charge in [0.05, 0.1) is 0 Å². The first-order valence-corrected chi connectivity index (χ1v) is 8.47. The maximum Gasteiger partial charge on any atom is 0.225 e. The van der Waals surface area contributed by atoms with Crippen molar-refractivity contribution in [2.24, 2.45) is 17.3 Å². The predicted molar refractivity (Wildman–Crippen MR) is 81.9 cm³/mol. The third-order valence-electron chi connectivity index (χ3n) is 6.02. The second-order valence-electron chi connectivity index (χ2n) is 7.66. The summed E-state index contributed by atoms with van der Waals surface area (Å²) in [5.41, 5.74) is 0.274. The molecule has 0 aromatic heterocycles. The molecule has 0 bridgehead atoms. The molecule has 1 saturated carbocycles. The highest BCUT2D eigenvalue weighted by atomic mass is 16.2. The number of hydrogen-bond acceptors (Lipinski definition) is 3. The Morgan fingerprint density at radius 1 is 1.10 bits per heavy atom. The average Bonchev–Trinajstić information content (AvgIpc) is 2.45. The summed E-state index contributed by atoms with van der Waals surface area (Å²) < 4.78 is 0. The van der Waals surface area contributed by atoms with Crippen molar-refractivity contribution in [3.05, 3.63) is 0 Å². The van der Waals surface area contributed by atoms with E-state index < -0.39 is 0 Å². The quantitative estimate of drug-likeness (QED) is 0.781. The minimum absolute atomic E-state index is 0.0780. The highest BCUT2D eigenvalue weighted by Gasteiger charge is 2.46. The van der Waals surface area contributed by atoms with Crippen LogP contribution in [0.25, 0.3) is 0 Å². The van der Waals surface area contributed by atoms with E-state index in [0.29, 0.717) is 12.5 Å². The van der Waals surface area contributed by atoms with Crippen LogP contribution in [0.5, 0.6) is 0 Å². The number of carbonyl (C=O) groups excluding carboxylic acids is 2. The van der Waals surface area contributed by atoms with Crippen molar-refractivity contribution in [1.82, 2.24) is 9.80 Å². The number of nitrogens with zero attached hydrogens (tertiary/aromatic N) is 2. The van der Waals surface area contributed by atoms with E-state index in [2.05, 4.69) is 11.9 Å². The Balaban J connectivity index is 1.68. The fraction of sp³-hybridized carbons (Fsp3) is 0.882. The first-order valence-electron chi connectivity index (χ1n) is 8.47. The van der Waals surface area contributed by atoms with Crippen molar-refractivity contribution in [1.29, 1.82) is 0 Å². The third-order valence-corrected chi connectivity index (χ3v) is 6.02. The average molecular weight is 292 g/mol. The van der Waals surface area contributed by atoms with Crippen molar-refractivity contribution in [3.63, 3.8) is 0 Å². The van der Waals surface area contributed by atoms with E-state index in [4.69, 9.17) is 0 Å². The van der Waals surface area contributed by atoms with E-state index in [9.17, 15) is 9.59 Å². The van der Waals surface area contributed by atoms with Gasteiger partial charge in [-0.05, 0) is 64.6 Å². The van der Waals surface area contributed by atoms with Crippen molar-refractivity contribution in [3.8, 4) is 0 Å². The number of rotatable bonds is 2. The maximum atomic E-state index is 12.9. The Bertz CT molecular complexity index is 423. The Kier molecular flexibility index (Phi) is 4.08. The van der Waals surface area contributed by atoms with Crippen LogP contribution < -0.4 is 0 Å². The summed E-state index contributed by atoms with van der Waals surface area (Å²) in [6.45, 7) is 5.31. The van der Waals surface area contributed by atoms with Gasteiger partial charge in [0.25, 0.3) is 0 Å². The number of likely N-dealkylation sites (tertiary alicyclic amines) is 2. The van der Waals surface area contributed by atoms with Gasteiger partial charge in [-0.2, -0.15) is 0 Å². The van der Waals surface area contributed by atoms with Crippen LogP contribution in [-0.4, -0.2) is 54.7 Å². The van der Waals surface area contributed by atoms with E-state index in [-0.39, 0.29) is 23.0 Å². The molecule has 0 aromatic rings. The largest absolute Gasteiger partial charge is 0.341 e. The molecule has 4 nitrogen and oxygen atoms in total. The molecule has 0 radical (unpaired) electrons. The van der Waals surface area contributed by atoms with Crippen LogP contribution >= 0.6 is 0 Å². The second-order valence-corrected chi connectivity index (χ2v) is 7.66. The standard InChI is InChI=1S/C17H28N2O2/c1-13(20)15-10-17(6-3-7-17)12-19(11-15)16(21)14-4-8-18(2)9-5-14/h14-15H,3-12H2,1-2H3. The minimum Gasteiger partial charge on any atom is -0.341 e. The lowest BCUT2D eigenvalue weighted by Crippen LogP contribution is -2.55. The summed E-state index contributed by atoms with van der Waals surface area (Å²) >= 11 is 0. The third kappa shape index (κ3) is 3.01. The molecule has 4 heteroatoms. The van der Waals surface area contributed by atoms with E-state index in [0.717, 1.165) is 38.9 Å². The molecule has 2 heterocycles. The van der Waals surface area contributed by atoms with Gasteiger partial charge in [-0.15, -0.1) is 0 Å². The second kappa shape index (κ2) is 5.71. The number of piperidine rings is 2. The van der Waals surface area contributed by atoms with Crippen molar-refractivity contribution < 1.29 is 9.59 Å². The molecular formula is C17H28N2O2. The first-order chi connectivity index (χ1) is 9.99. The molecule has 21 heavy (non-hydrogen) atoms. The number of carbonyl (C=O) groups is 2. The summed E-state index contributed by atoms with van der Waals surface area (Å²) in [7, 11) is 2.12. The zero-order chi connectivity index (χ0) is 15.0. The van der Waals surface area contributed by atoms with Gasteiger partial charge in [0, 0.05) is 24.9 Å². The van der Waals surface area contributed by atoms with Gasteiger partial charge in [-0.3, -0.25) is 9.59 Å². The van der Waals surface area contributed by atoms with Crippen LogP contribution in [-0.2, 0) is 9.59 Å². The molecule has 0 N–H and O–H groups in total. The fourth-order valence-corrected chi connectivity index (χ4v) is 4.38. The molecule has 3 aliphatic rings. The van der Waals surface area contributed by atoms with Gasteiger partial charge in [0.2, 0.25) is 5.91 Å². The molecule has 0 aromatic carbocycles. The zero-order valence-electron chi connectivity index (χ0n) is 13.4. The van der Waals surface area contributed by atoms with Crippen LogP contribution in [0.3, 0.4) is 0 Å². The van der Waals surface area contributed by atoms with E-state index in [1.54, 1.807) is 6.92 Å². The van der Waals surface area contributed by atoms with Crippen LogP contribution in [0.2, 0.25) is 0 Å². The lowest BCUT2D eigenvalue weighted by atomic mass is 9.61. The molecule has 1 aliphatic carbocycles. The Hall–Kier alpha value is -0.900. The normalized spacial score (nSPS) is 30.2. The van der Waals surface area contributed by atoms with Gasteiger partial charge in [-0.1, -0.05) is 6.42 Å². The van der Waals surface area contributed by atoms with Crippen molar-refractivity contribution in [2.45, 2.75) is 45.4 Å². The van der Waals surface area contributed by atoms with Crippen molar-refractivity contribution in [2.75, 3.05) is 33.2 Å². The van der Waals surface area contributed by atoms with E-state index in [1.807, 2.05) is 4.90 Å². The van der Waals surface area contributed by atoms with Gasteiger partial charge >= 0.3 is 0 Å². The molecule has 118 valence electrons. The number of Topliss-reactive ketones (excluding diaryl/α,β-unsaturated/α-hetero) is 1. The highest BCUT2D eigenvalue weighted by Crippen LogP contribution is 2.49. The molecule has 1 amide bonds. The molecule has 2 saturated heterocycles. The predicted octanol–water partition coefficient (Wildman–Crippen LogP) is 1.94. The number of ketones is 1. The Morgan fingerprint density at radius 3 is 2.29 bits per heavy atom. The summed E-state index contributed by atoms with van der Waals surface area (Å²) in [6.07, 6.45) is 6.63. The van der Waals surface area contributed by atoms with Crippen LogP contribution in [0.1, 0.15) is 45.4 Å². The summed E-state index contributed by atoms with van der Waals surface area (Å²) in [5.74, 6) is 0.848. The van der Waals surface area contributed by atoms with Gasteiger partial charge < -0.3 is 9.80 Å². The minimum atomic E-state index is 0.0780. The van der Waals surface area contributed by atoms with Crippen LogP contribution in [0.4, 0.5) is 0 Å². The van der Waals surface area contributed by atoms with Gasteiger partial charge in [0.15, 0.2) is 0 Å². The monoisotopic (exact) mass is 292 g/mol. The number of amides is 1. The zero-order valence-corrected chi connectivity index (χ0v) is 13.4. The Morgan fingerprint density at radius 2 is 1.76 bits per heavy atom. The Labute approximate surface area is 127 Å². The summed E-state index contributed by atoms with van der Waals surface area (Å²) in [5, 5.41) is 0. The molecule has 1 atom stereocenters. The molecular weight excluding hydrogens is 264 g/mol. The molecule has 3 fully saturated rings. The lowest BCUT2D eigenvalue weighted by Gasteiger charge is -2.51. The van der Waals surface area contributed by atoms with Crippen molar-refractivity contribution >= 4 is 11.7 Å². The van der Waals surface area contributed by atoms with Gasteiger partial charge in [0.1, 0.15) is 5.78 Å². The topological polar surface area (TPSA) is 40.6 Å². The van der Waals surface area contributed by atoms with Crippen LogP contribution in [0.15, 0.2) is 0 Å². The van der Waals surface area contributed by atoms with E-state index in [1.165, 1.54) is 19.3 Å². The molecule has 1 unspecified atom stereocenters. The first kappa shape index (κ1) is 15.0. The highest BCUT2D eigenvalue weighted by molar-refractivity contribution is 5.82. The number of hydrogen-bond donors (Lipinski definition) is 0. The molecule has 2 aliphatic heterocycles. The van der Waals surface area contributed by atoms with Crippen LogP contribution in [0, 0.1) is 17.3 Å². The smallest absolute Gasteiger partial charge is 0.225 e. The molecule has 1 spiro atoms. The summed E-state index contributed by atoms with van der Waals surface area (Å²) in [4.78, 5) is 29.1. The maximum absolute atomic E-state index is 12.9. The SMILES string of the molecule is CC(=O)C1CN(C(=O)C2CCN(C)CC2)CC2(CCC2)C1. The summed E-state index contributed by atoms with van der Waals surface area (Å²) in [6, 6.07) is 0. The van der Waals surface area contributed by atoms with E-state index >= 15 is 0 Å². The molecule has 3 rings (SSSR count). The van der Waals surface area contributed by atoms with Gasteiger partial charge in [-0.25, -0.2) is 0 Å². The fourth-order valence-electron chi connectivity index (χ4n) is 4.38. The lowest BCUT2D eigenvalue weighted by molar-refractivity contribution is -0.146.